The number of carbonyl (C=O) groups is 1. The number of alkyl halides is 3. The number of aliphatic hydroxyl groups is 1. The molecule has 7 heteroatoms. The second kappa shape index (κ2) is 6.60. The molecule has 0 saturated carbocycles. The molecule has 1 aromatic rings. The number of carbonyl (C=O) groups excluding carboxylic acids is 1. The zero-order chi connectivity index (χ0) is 18.9. The molecule has 0 aliphatic carbocycles. The average Bonchev–Trinajstić information content (AvgIpc) is 2.86. The standard InChI is InChI=1S/C18H20F3NO3/c1-16(2,3)25-15(23)22-11-10-17(24,12-22)9-8-13-4-6-14(7-5-13)18(19,20)21/h4-7,24H,10-12H2,1-3H3. The Kier molecular flexibility index (Phi) is 5.05. The zero-order valence-corrected chi connectivity index (χ0v) is 14.3. The minimum absolute atomic E-state index is 0.00442. The highest BCUT2D eigenvalue weighted by Crippen LogP contribution is 2.29. The first kappa shape index (κ1) is 19.1. The number of halogens is 3. The highest BCUT2D eigenvalue weighted by molar-refractivity contribution is 5.69. The lowest BCUT2D eigenvalue weighted by Crippen LogP contribution is -2.38. The fourth-order valence-electron chi connectivity index (χ4n) is 2.31. The molecule has 0 aromatic heterocycles. The first-order chi connectivity index (χ1) is 11.4. The zero-order valence-electron chi connectivity index (χ0n) is 14.3. The maximum Gasteiger partial charge on any atom is 0.416 e. The quantitative estimate of drug-likeness (QED) is 0.726. The van der Waals surface area contributed by atoms with Gasteiger partial charge in [-0.25, -0.2) is 4.79 Å². The SMILES string of the molecule is CC(C)(C)OC(=O)N1CCC(O)(C#Cc2ccc(C(F)(F)F)cc2)C1. The van der Waals surface area contributed by atoms with Crippen LogP contribution in [0.5, 0.6) is 0 Å². The predicted molar refractivity (Wildman–Crippen MR) is 85.7 cm³/mol. The largest absolute Gasteiger partial charge is 0.444 e. The molecule has 136 valence electrons. The second-order valence-corrected chi connectivity index (χ2v) is 7.01. The molecule has 1 N–H and O–H groups in total. The Bertz CT molecular complexity index is 695. The summed E-state index contributed by atoms with van der Waals surface area (Å²) in [6, 6.07) is 4.38. The number of β-amino-alcohol motifs (C(OH)–C–C–N with tert-alkyl or cyclic N) is 1. The van der Waals surface area contributed by atoms with Crippen LogP contribution in [0.15, 0.2) is 24.3 Å². The summed E-state index contributed by atoms with van der Waals surface area (Å²) >= 11 is 0. The monoisotopic (exact) mass is 355 g/mol. The summed E-state index contributed by atoms with van der Waals surface area (Å²) in [5.74, 6) is 5.32. The molecule has 1 aliphatic heterocycles. The number of ether oxygens (including phenoxy) is 1. The number of nitrogens with zero attached hydrogens (tertiary/aromatic N) is 1. The van der Waals surface area contributed by atoms with Gasteiger partial charge in [0.15, 0.2) is 0 Å². The molecule has 1 heterocycles. The van der Waals surface area contributed by atoms with E-state index >= 15 is 0 Å². The van der Waals surface area contributed by atoms with Gasteiger partial charge in [0.2, 0.25) is 0 Å². The van der Waals surface area contributed by atoms with Gasteiger partial charge in [-0.2, -0.15) is 13.2 Å². The average molecular weight is 355 g/mol. The molecule has 1 aliphatic rings. The van der Waals surface area contributed by atoms with Gasteiger partial charge in [-0.1, -0.05) is 11.8 Å². The van der Waals surface area contributed by atoms with Crippen molar-refractivity contribution in [1.29, 1.82) is 0 Å². The van der Waals surface area contributed by atoms with E-state index in [0.717, 1.165) is 12.1 Å². The maximum absolute atomic E-state index is 12.5. The Morgan fingerprint density at radius 2 is 1.84 bits per heavy atom. The van der Waals surface area contributed by atoms with Gasteiger partial charge in [0, 0.05) is 18.5 Å². The molecule has 2 rings (SSSR count). The van der Waals surface area contributed by atoms with Crippen molar-refractivity contribution in [3.63, 3.8) is 0 Å². The van der Waals surface area contributed by atoms with Crippen LogP contribution in [-0.4, -0.2) is 40.4 Å². The number of hydrogen-bond donors (Lipinski definition) is 1. The van der Waals surface area contributed by atoms with Crippen LogP contribution >= 0.6 is 0 Å². The van der Waals surface area contributed by atoms with Gasteiger partial charge in [-0.15, -0.1) is 0 Å². The van der Waals surface area contributed by atoms with Crippen molar-refractivity contribution in [3.05, 3.63) is 35.4 Å². The lowest BCUT2D eigenvalue weighted by Gasteiger charge is -2.24. The van der Waals surface area contributed by atoms with Crippen LogP contribution in [0.4, 0.5) is 18.0 Å². The first-order valence-electron chi connectivity index (χ1n) is 7.79. The fraction of sp³-hybridized carbons (Fsp3) is 0.500. The third-order valence-electron chi connectivity index (χ3n) is 3.55. The van der Waals surface area contributed by atoms with Crippen molar-refractivity contribution in [1.82, 2.24) is 4.90 Å². The fourth-order valence-corrected chi connectivity index (χ4v) is 2.31. The van der Waals surface area contributed by atoms with Crippen LogP contribution in [0.25, 0.3) is 0 Å². The topological polar surface area (TPSA) is 49.8 Å². The molecule has 25 heavy (non-hydrogen) atoms. The maximum atomic E-state index is 12.5. The minimum atomic E-state index is -4.40. The van der Waals surface area contributed by atoms with Crippen molar-refractivity contribution in [2.24, 2.45) is 0 Å². The number of rotatable bonds is 0. The molecular formula is C18H20F3NO3. The van der Waals surface area contributed by atoms with Crippen molar-refractivity contribution in [3.8, 4) is 11.8 Å². The van der Waals surface area contributed by atoms with Gasteiger partial charge in [-0.3, -0.25) is 0 Å². The van der Waals surface area contributed by atoms with Crippen molar-refractivity contribution in [2.45, 2.75) is 44.6 Å². The molecule has 1 unspecified atom stereocenters. The summed E-state index contributed by atoms with van der Waals surface area (Å²) in [6.07, 6.45) is -4.68. The third kappa shape index (κ3) is 5.40. The number of hydrogen-bond acceptors (Lipinski definition) is 3. The first-order valence-corrected chi connectivity index (χ1v) is 7.79. The minimum Gasteiger partial charge on any atom is -0.444 e. The van der Waals surface area contributed by atoms with Crippen LogP contribution in [0.1, 0.15) is 38.3 Å². The summed E-state index contributed by atoms with van der Waals surface area (Å²) in [7, 11) is 0. The van der Waals surface area contributed by atoms with E-state index in [2.05, 4.69) is 11.8 Å². The Balaban J connectivity index is 2.04. The normalized spacial score (nSPS) is 20.8. The van der Waals surface area contributed by atoms with Gasteiger partial charge < -0.3 is 14.7 Å². The van der Waals surface area contributed by atoms with E-state index in [1.165, 1.54) is 17.0 Å². The number of amides is 1. The third-order valence-corrected chi connectivity index (χ3v) is 3.55. The van der Waals surface area contributed by atoms with Crippen molar-refractivity contribution >= 4 is 6.09 Å². The Morgan fingerprint density at radius 3 is 2.36 bits per heavy atom. The molecule has 0 radical (unpaired) electrons. The lowest BCUT2D eigenvalue weighted by molar-refractivity contribution is -0.137. The van der Waals surface area contributed by atoms with Gasteiger partial charge >= 0.3 is 12.3 Å². The van der Waals surface area contributed by atoms with Gasteiger partial charge in [0.1, 0.15) is 11.2 Å². The summed E-state index contributed by atoms with van der Waals surface area (Å²) in [5, 5.41) is 10.5. The molecular weight excluding hydrogens is 335 g/mol. The Hall–Kier alpha value is -2.20. The van der Waals surface area contributed by atoms with E-state index in [1.54, 1.807) is 20.8 Å². The smallest absolute Gasteiger partial charge is 0.416 e. The molecule has 1 atom stereocenters. The Labute approximate surface area is 144 Å². The molecule has 1 fully saturated rings. The van der Waals surface area contributed by atoms with Gasteiger partial charge in [0.25, 0.3) is 0 Å². The van der Waals surface area contributed by atoms with Gasteiger partial charge in [0.05, 0.1) is 12.1 Å². The van der Waals surface area contributed by atoms with Crippen LogP contribution in [0.3, 0.4) is 0 Å². The highest BCUT2D eigenvalue weighted by atomic mass is 19.4. The summed E-state index contributed by atoms with van der Waals surface area (Å²) in [6.45, 7) is 5.54. The van der Waals surface area contributed by atoms with Crippen molar-refractivity contribution in [2.75, 3.05) is 13.1 Å². The van der Waals surface area contributed by atoms with E-state index < -0.39 is 29.0 Å². The molecule has 0 spiro atoms. The van der Waals surface area contributed by atoms with Gasteiger partial charge in [-0.05, 0) is 45.0 Å². The van der Waals surface area contributed by atoms with Crippen LogP contribution in [-0.2, 0) is 10.9 Å². The lowest BCUT2D eigenvalue weighted by atomic mass is 10.0. The van der Waals surface area contributed by atoms with Crippen molar-refractivity contribution < 1.29 is 27.8 Å². The van der Waals surface area contributed by atoms with E-state index in [9.17, 15) is 23.1 Å². The van der Waals surface area contributed by atoms with Crippen LogP contribution in [0.2, 0.25) is 0 Å². The van der Waals surface area contributed by atoms with Crippen LogP contribution in [0, 0.1) is 11.8 Å². The van der Waals surface area contributed by atoms with E-state index in [1.807, 2.05) is 0 Å². The number of benzene rings is 1. The highest BCUT2D eigenvalue weighted by Gasteiger charge is 2.38. The molecule has 1 saturated heterocycles. The summed E-state index contributed by atoms with van der Waals surface area (Å²) < 4.78 is 42.8. The summed E-state index contributed by atoms with van der Waals surface area (Å²) in [4.78, 5) is 13.4. The molecule has 0 bridgehead atoms. The van der Waals surface area contributed by atoms with E-state index in [-0.39, 0.29) is 13.0 Å². The predicted octanol–water partition coefficient (Wildman–Crippen LogP) is 3.43. The Morgan fingerprint density at radius 1 is 1.24 bits per heavy atom. The number of likely N-dealkylation sites (tertiary alicyclic amines) is 1. The molecule has 4 nitrogen and oxygen atoms in total. The molecule has 1 aromatic carbocycles. The molecule has 1 amide bonds. The summed E-state index contributed by atoms with van der Waals surface area (Å²) in [5.41, 5.74) is -2.44. The van der Waals surface area contributed by atoms with E-state index in [0.29, 0.717) is 12.1 Å². The second-order valence-electron chi connectivity index (χ2n) is 7.01. The van der Waals surface area contributed by atoms with Crippen LogP contribution < -0.4 is 0 Å². The van der Waals surface area contributed by atoms with E-state index in [4.69, 9.17) is 4.74 Å².